The molecule has 0 saturated carbocycles. The van der Waals surface area contributed by atoms with Crippen LogP contribution in [0.5, 0.6) is 0 Å². The molecule has 1 aromatic heterocycles. The molecule has 3 aromatic rings. The molecule has 0 saturated heterocycles. The van der Waals surface area contributed by atoms with Gasteiger partial charge in [-0.3, -0.25) is 9.59 Å². The SMILES string of the molecule is CC(C)(Cc1ccccc1)N(C(=O)c1ccc(-c2cccs2)cc1)[C@@H](CCC(N)=O)C(=O)O. The lowest BCUT2D eigenvalue weighted by molar-refractivity contribution is -0.144. The van der Waals surface area contributed by atoms with E-state index in [1.165, 1.54) is 4.90 Å². The molecule has 0 aliphatic carbocycles. The molecule has 0 aliphatic heterocycles. The van der Waals surface area contributed by atoms with Crippen LogP contribution in [0.2, 0.25) is 0 Å². The Morgan fingerprint density at radius 1 is 1.00 bits per heavy atom. The van der Waals surface area contributed by atoms with Crippen LogP contribution in [0.3, 0.4) is 0 Å². The van der Waals surface area contributed by atoms with Gasteiger partial charge in [0.05, 0.1) is 0 Å². The molecule has 1 atom stereocenters. The smallest absolute Gasteiger partial charge is 0.326 e. The number of rotatable bonds is 10. The zero-order chi connectivity index (χ0) is 24.0. The van der Waals surface area contributed by atoms with Crippen molar-refractivity contribution in [3.63, 3.8) is 0 Å². The van der Waals surface area contributed by atoms with E-state index in [9.17, 15) is 19.5 Å². The molecule has 3 rings (SSSR count). The minimum Gasteiger partial charge on any atom is -0.480 e. The van der Waals surface area contributed by atoms with Crippen molar-refractivity contribution < 1.29 is 19.5 Å². The summed E-state index contributed by atoms with van der Waals surface area (Å²) in [6.45, 7) is 3.69. The highest BCUT2D eigenvalue weighted by atomic mass is 32.1. The van der Waals surface area contributed by atoms with Gasteiger partial charge in [0.2, 0.25) is 5.91 Å². The molecule has 7 heteroatoms. The summed E-state index contributed by atoms with van der Waals surface area (Å²) in [6, 6.07) is 19.5. The number of amides is 2. The maximum absolute atomic E-state index is 13.7. The molecule has 0 unspecified atom stereocenters. The van der Waals surface area contributed by atoms with E-state index in [1.807, 2.05) is 73.8 Å². The predicted octanol–water partition coefficient (Wildman–Crippen LogP) is 4.60. The van der Waals surface area contributed by atoms with Gasteiger partial charge in [-0.25, -0.2) is 4.79 Å². The molecule has 2 aromatic carbocycles. The van der Waals surface area contributed by atoms with Crippen LogP contribution in [0.4, 0.5) is 0 Å². The van der Waals surface area contributed by atoms with Gasteiger partial charge in [-0.05, 0) is 61.4 Å². The number of carboxylic acids is 1. The van der Waals surface area contributed by atoms with Gasteiger partial charge in [0.15, 0.2) is 0 Å². The third kappa shape index (κ3) is 6.08. The molecule has 3 N–H and O–H groups in total. The van der Waals surface area contributed by atoms with Crippen LogP contribution in [0, 0.1) is 0 Å². The van der Waals surface area contributed by atoms with Crippen LogP contribution < -0.4 is 5.73 Å². The maximum atomic E-state index is 13.7. The highest BCUT2D eigenvalue weighted by Gasteiger charge is 2.40. The molecule has 0 bridgehead atoms. The van der Waals surface area contributed by atoms with E-state index in [-0.39, 0.29) is 12.8 Å². The number of carbonyl (C=O) groups excluding carboxylic acids is 2. The zero-order valence-corrected chi connectivity index (χ0v) is 19.5. The number of hydrogen-bond donors (Lipinski definition) is 2. The lowest BCUT2D eigenvalue weighted by Gasteiger charge is -2.42. The van der Waals surface area contributed by atoms with E-state index in [0.717, 1.165) is 16.0 Å². The first kappa shape index (κ1) is 24.2. The van der Waals surface area contributed by atoms with Crippen LogP contribution in [0.25, 0.3) is 10.4 Å². The van der Waals surface area contributed by atoms with Gasteiger partial charge in [-0.15, -0.1) is 11.3 Å². The number of thiophene rings is 1. The Morgan fingerprint density at radius 2 is 1.67 bits per heavy atom. The number of nitrogens with zero attached hydrogens (tertiary/aromatic N) is 1. The number of benzene rings is 2. The Balaban J connectivity index is 1.98. The highest BCUT2D eigenvalue weighted by Crippen LogP contribution is 2.29. The van der Waals surface area contributed by atoms with Crippen molar-refractivity contribution >= 4 is 29.1 Å². The molecule has 0 aliphatic rings. The van der Waals surface area contributed by atoms with E-state index in [1.54, 1.807) is 23.5 Å². The lowest BCUT2D eigenvalue weighted by atomic mass is 9.89. The van der Waals surface area contributed by atoms with Gasteiger partial charge in [-0.2, -0.15) is 0 Å². The van der Waals surface area contributed by atoms with Gasteiger partial charge in [0.25, 0.3) is 5.91 Å². The molecule has 0 spiro atoms. The van der Waals surface area contributed by atoms with Crippen molar-refractivity contribution in [1.29, 1.82) is 0 Å². The number of hydrogen-bond acceptors (Lipinski definition) is 4. The molecule has 1 heterocycles. The molecule has 0 fully saturated rings. The average molecular weight is 465 g/mol. The Bertz CT molecular complexity index is 1090. The van der Waals surface area contributed by atoms with Crippen molar-refractivity contribution in [2.45, 2.75) is 44.7 Å². The standard InChI is InChI=1S/C26H28N2O4S/c1-26(2,17-18-7-4-3-5-8-18)28(21(25(31)32)14-15-23(27)29)24(30)20-12-10-19(11-13-20)22-9-6-16-33-22/h3-13,16,21H,14-15,17H2,1-2H3,(H2,27,29)(H,31,32)/t21-/m0/s1. The van der Waals surface area contributed by atoms with Crippen molar-refractivity contribution in [1.82, 2.24) is 4.90 Å². The first-order valence-electron chi connectivity index (χ1n) is 10.7. The zero-order valence-electron chi connectivity index (χ0n) is 18.7. The number of primary amides is 1. The van der Waals surface area contributed by atoms with E-state index in [0.29, 0.717) is 12.0 Å². The summed E-state index contributed by atoms with van der Waals surface area (Å²) in [5.74, 6) is -2.17. The van der Waals surface area contributed by atoms with Gasteiger partial charge in [-0.1, -0.05) is 48.5 Å². The summed E-state index contributed by atoms with van der Waals surface area (Å²) in [5.41, 5.74) is 6.80. The molecule has 2 amide bonds. The van der Waals surface area contributed by atoms with E-state index < -0.39 is 29.4 Å². The van der Waals surface area contributed by atoms with E-state index in [4.69, 9.17) is 5.73 Å². The molecular weight excluding hydrogens is 436 g/mol. The fourth-order valence-electron chi connectivity index (χ4n) is 4.02. The summed E-state index contributed by atoms with van der Waals surface area (Å²) in [5, 5.41) is 12.0. The van der Waals surface area contributed by atoms with Crippen LogP contribution >= 0.6 is 11.3 Å². The van der Waals surface area contributed by atoms with Gasteiger partial charge >= 0.3 is 5.97 Å². The number of nitrogens with two attached hydrogens (primary N) is 1. The summed E-state index contributed by atoms with van der Waals surface area (Å²) in [7, 11) is 0. The van der Waals surface area contributed by atoms with Crippen LogP contribution in [0.15, 0.2) is 72.1 Å². The number of carbonyl (C=O) groups is 3. The Morgan fingerprint density at radius 3 is 2.21 bits per heavy atom. The largest absolute Gasteiger partial charge is 0.480 e. The Hall–Kier alpha value is -3.45. The van der Waals surface area contributed by atoms with Gasteiger partial charge < -0.3 is 15.7 Å². The summed E-state index contributed by atoms with van der Waals surface area (Å²) < 4.78 is 0. The average Bonchev–Trinajstić information content (AvgIpc) is 3.31. The van der Waals surface area contributed by atoms with Crippen molar-refractivity contribution in [2.75, 3.05) is 0 Å². The second kappa shape index (κ2) is 10.4. The minimum absolute atomic E-state index is 0.0537. The molecular formula is C26H28N2O4S. The van der Waals surface area contributed by atoms with Crippen molar-refractivity contribution in [3.05, 3.63) is 83.2 Å². The van der Waals surface area contributed by atoms with Gasteiger partial charge in [0.1, 0.15) is 6.04 Å². The van der Waals surface area contributed by atoms with Crippen LogP contribution in [-0.2, 0) is 16.0 Å². The first-order chi connectivity index (χ1) is 15.7. The molecule has 33 heavy (non-hydrogen) atoms. The molecule has 6 nitrogen and oxygen atoms in total. The third-order valence-corrected chi connectivity index (χ3v) is 6.47. The highest BCUT2D eigenvalue weighted by molar-refractivity contribution is 7.13. The monoisotopic (exact) mass is 464 g/mol. The number of aliphatic carboxylic acids is 1. The van der Waals surface area contributed by atoms with Gasteiger partial charge in [0, 0.05) is 22.4 Å². The molecule has 0 radical (unpaired) electrons. The summed E-state index contributed by atoms with van der Waals surface area (Å²) in [6.07, 6.45) is 0.272. The Labute approximate surface area is 197 Å². The van der Waals surface area contributed by atoms with E-state index in [2.05, 4.69) is 0 Å². The van der Waals surface area contributed by atoms with Crippen molar-refractivity contribution in [3.8, 4) is 10.4 Å². The summed E-state index contributed by atoms with van der Waals surface area (Å²) in [4.78, 5) is 39.9. The van der Waals surface area contributed by atoms with Crippen molar-refractivity contribution in [2.24, 2.45) is 5.73 Å². The maximum Gasteiger partial charge on any atom is 0.326 e. The predicted molar refractivity (Wildman–Crippen MR) is 130 cm³/mol. The first-order valence-corrected chi connectivity index (χ1v) is 11.6. The second-order valence-electron chi connectivity index (χ2n) is 8.56. The normalized spacial score (nSPS) is 12.2. The fourth-order valence-corrected chi connectivity index (χ4v) is 4.75. The minimum atomic E-state index is -1.19. The Kier molecular flexibility index (Phi) is 7.66. The topological polar surface area (TPSA) is 101 Å². The van der Waals surface area contributed by atoms with Crippen LogP contribution in [-0.4, -0.2) is 39.4 Å². The lowest BCUT2D eigenvalue weighted by Crippen LogP contribution is -2.57. The third-order valence-electron chi connectivity index (χ3n) is 5.55. The fraction of sp³-hybridized carbons (Fsp3) is 0.269. The summed E-state index contributed by atoms with van der Waals surface area (Å²) >= 11 is 1.60. The quantitative estimate of drug-likeness (QED) is 0.458. The van der Waals surface area contributed by atoms with E-state index >= 15 is 0 Å². The number of carboxylic acid groups (broad SMARTS) is 1. The second-order valence-corrected chi connectivity index (χ2v) is 9.51. The molecule has 172 valence electrons. The van der Waals surface area contributed by atoms with Crippen LogP contribution in [0.1, 0.15) is 42.6 Å².